The summed E-state index contributed by atoms with van der Waals surface area (Å²) in [7, 11) is 0. The van der Waals surface area contributed by atoms with Gasteiger partial charge >= 0.3 is 12.1 Å². The fourth-order valence-corrected chi connectivity index (χ4v) is 2.88. The number of hydrogen-bond acceptors (Lipinski definition) is 6. The number of carbonyl (C=O) groups excluding carboxylic acids is 1. The molecule has 1 aliphatic rings. The van der Waals surface area contributed by atoms with Gasteiger partial charge in [0.2, 0.25) is 0 Å². The zero-order chi connectivity index (χ0) is 19.0. The maximum atomic E-state index is 12.6. The summed E-state index contributed by atoms with van der Waals surface area (Å²) in [5.41, 5.74) is 0.867. The predicted molar refractivity (Wildman–Crippen MR) is 83.9 cm³/mol. The minimum absolute atomic E-state index is 0.0504. The van der Waals surface area contributed by atoms with Crippen LogP contribution in [0.1, 0.15) is 34.5 Å². The minimum atomic E-state index is -4.69. The number of likely N-dealkylation sites (tertiary alicyclic amines) is 1. The zero-order valence-electron chi connectivity index (χ0n) is 13.8. The Morgan fingerprint density at radius 3 is 2.70 bits per heavy atom. The van der Waals surface area contributed by atoms with Crippen molar-refractivity contribution >= 4 is 5.91 Å². The fraction of sp³-hybridized carbons (Fsp3) is 0.312. The van der Waals surface area contributed by atoms with Crippen molar-refractivity contribution in [3.8, 4) is 5.69 Å². The standard InChI is InChI=1S/C16H13F3N6O2/c17-16(18,19)15-21-13(23-27-15)10-6-7-24(9-10)14(26)12-8-20-25(22-12)11-4-2-1-3-5-11/h1-5,8,10H,6-7,9H2/t10-/m0/s1. The lowest BCUT2D eigenvalue weighted by Crippen LogP contribution is -2.29. The van der Waals surface area contributed by atoms with E-state index in [2.05, 4.69) is 24.9 Å². The van der Waals surface area contributed by atoms with E-state index in [0.29, 0.717) is 18.7 Å². The third kappa shape index (κ3) is 3.39. The molecule has 0 spiro atoms. The van der Waals surface area contributed by atoms with Crippen molar-refractivity contribution in [2.45, 2.75) is 18.5 Å². The van der Waals surface area contributed by atoms with Crippen LogP contribution in [0.15, 0.2) is 41.1 Å². The van der Waals surface area contributed by atoms with E-state index in [9.17, 15) is 18.0 Å². The van der Waals surface area contributed by atoms with Crippen LogP contribution in [-0.2, 0) is 6.18 Å². The van der Waals surface area contributed by atoms with Gasteiger partial charge in [0.25, 0.3) is 5.91 Å². The van der Waals surface area contributed by atoms with Crippen LogP contribution in [0.4, 0.5) is 13.2 Å². The van der Waals surface area contributed by atoms with Gasteiger partial charge in [-0.1, -0.05) is 23.4 Å². The number of alkyl halides is 3. The molecule has 4 rings (SSSR count). The van der Waals surface area contributed by atoms with Crippen LogP contribution in [0.2, 0.25) is 0 Å². The molecule has 0 bridgehead atoms. The van der Waals surface area contributed by atoms with Gasteiger partial charge in [-0.15, -0.1) is 5.10 Å². The Balaban J connectivity index is 1.45. The summed E-state index contributed by atoms with van der Waals surface area (Å²) in [5, 5.41) is 11.7. The van der Waals surface area contributed by atoms with Crippen molar-refractivity contribution < 1.29 is 22.5 Å². The van der Waals surface area contributed by atoms with Gasteiger partial charge in [0, 0.05) is 19.0 Å². The smallest absolute Gasteiger partial charge is 0.336 e. The number of rotatable bonds is 3. The maximum Gasteiger partial charge on any atom is 0.471 e. The van der Waals surface area contributed by atoms with Crippen LogP contribution in [0.3, 0.4) is 0 Å². The number of aromatic nitrogens is 5. The average Bonchev–Trinajstić information content (AvgIpc) is 3.40. The molecule has 0 unspecified atom stereocenters. The van der Waals surface area contributed by atoms with E-state index in [1.165, 1.54) is 15.9 Å². The first kappa shape index (κ1) is 17.2. The molecular weight excluding hydrogens is 365 g/mol. The van der Waals surface area contributed by atoms with E-state index in [4.69, 9.17) is 0 Å². The molecule has 1 fully saturated rings. The summed E-state index contributed by atoms with van der Waals surface area (Å²) in [5.74, 6) is -2.20. The Labute approximate surface area is 150 Å². The Morgan fingerprint density at radius 1 is 1.22 bits per heavy atom. The number of para-hydroxylation sites is 1. The molecule has 1 amide bonds. The molecule has 0 saturated carbocycles. The van der Waals surface area contributed by atoms with Crippen molar-refractivity contribution in [1.29, 1.82) is 0 Å². The third-order valence-corrected chi connectivity index (χ3v) is 4.22. The van der Waals surface area contributed by atoms with Gasteiger partial charge in [0.15, 0.2) is 11.5 Å². The second-order valence-electron chi connectivity index (χ2n) is 6.05. The SMILES string of the molecule is O=C(c1cnn(-c2ccccc2)n1)N1CC[C@H](c2noc(C(F)(F)F)n2)C1. The second kappa shape index (κ2) is 6.49. The lowest BCUT2D eigenvalue weighted by molar-refractivity contribution is -0.159. The Bertz CT molecular complexity index is 952. The molecule has 0 radical (unpaired) electrons. The average molecular weight is 378 g/mol. The molecule has 11 heteroatoms. The minimum Gasteiger partial charge on any atom is -0.336 e. The topological polar surface area (TPSA) is 89.9 Å². The van der Waals surface area contributed by atoms with Crippen LogP contribution >= 0.6 is 0 Å². The van der Waals surface area contributed by atoms with Crippen LogP contribution in [0, 0.1) is 0 Å². The molecule has 2 aromatic heterocycles. The van der Waals surface area contributed by atoms with E-state index in [1.807, 2.05) is 18.2 Å². The Morgan fingerprint density at radius 2 is 2.00 bits per heavy atom. The van der Waals surface area contributed by atoms with Gasteiger partial charge in [0.05, 0.1) is 11.9 Å². The van der Waals surface area contributed by atoms with E-state index in [-0.39, 0.29) is 24.0 Å². The van der Waals surface area contributed by atoms with Gasteiger partial charge in [-0.25, -0.2) is 0 Å². The first-order valence-electron chi connectivity index (χ1n) is 8.09. The van der Waals surface area contributed by atoms with Gasteiger partial charge in [-0.3, -0.25) is 4.79 Å². The van der Waals surface area contributed by atoms with Crippen molar-refractivity contribution in [2.24, 2.45) is 0 Å². The lowest BCUT2D eigenvalue weighted by Gasteiger charge is -2.13. The van der Waals surface area contributed by atoms with Crippen molar-refractivity contribution in [3.63, 3.8) is 0 Å². The number of benzene rings is 1. The molecule has 27 heavy (non-hydrogen) atoms. The number of amides is 1. The summed E-state index contributed by atoms with van der Waals surface area (Å²) in [6, 6.07) is 9.10. The van der Waals surface area contributed by atoms with Gasteiger partial charge in [0.1, 0.15) is 0 Å². The largest absolute Gasteiger partial charge is 0.471 e. The second-order valence-corrected chi connectivity index (χ2v) is 6.05. The number of hydrogen-bond donors (Lipinski definition) is 0. The molecule has 140 valence electrons. The quantitative estimate of drug-likeness (QED) is 0.695. The van der Waals surface area contributed by atoms with Crippen molar-refractivity contribution in [1.82, 2.24) is 30.0 Å². The highest BCUT2D eigenvalue weighted by Crippen LogP contribution is 2.31. The summed E-state index contributed by atoms with van der Waals surface area (Å²) in [4.78, 5) is 18.8. The van der Waals surface area contributed by atoms with Crippen LogP contribution in [0.5, 0.6) is 0 Å². The first-order valence-corrected chi connectivity index (χ1v) is 8.09. The molecule has 1 saturated heterocycles. The normalized spacial score (nSPS) is 17.4. The maximum absolute atomic E-state index is 12.6. The molecule has 1 atom stereocenters. The predicted octanol–water partition coefficient (Wildman–Crippen LogP) is 2.30. The molecule has 3 heterocycles. The van der Waals surface area contributed by atoms with Crippen LogP contribution in [0.25, 0.3) is 5.69 Å². The van der Waals surface area contributed by atoms with Crippen LogP contribution < -0.4 is 0 Å². The number of halogens is 3. The van der Waals surface area contributed by atoms with Crippen LogP contribution in [-0.4, -0.2) is 49.0 Å². The Kier molecular flexibility index (Phi) is 4.13. The van der Waals surface area contributed by atoms with E-state index >= 15 is 0 Å². The Hall–Kier alpha value is -3.24. The summed E-state index contributed by atoms with van der Waals surface area (Å²) in [6.07, 6.45) is -2.89. The molecule has 0 aliphatic carbocycles. The highest BCUT2D eigenvalue weighted by molar-refractivity contribution is 5.92. The van der Waals surface area contributed by atoms with Crippen molar-refractivity contribution in [2.75, 3.05) is 13.1 Å². The highest BCUT2D eigenvalue weighted by atomic mass is 19.4. The first-order chi connectivity index (χ1) is 12.9. The molecule has 3 aromatic rings. The monoisotopic (exact) mass is 378 g/mol. The highest BCUT2D eigenvalue weighted by Gasteiger charge is 2.40. The number of carbonyl (C=O) groups is 1. The molecule has 1 aromatic carbocycles. The van der Waals surface area contributed by atoms with Crippen molar-refractivity contribution in [3.05, 3.63) is 53.9 Å². The molecular formula is C16H13F3N6O2. The molecule has 0 N–H and O–H groups in total. The third-order valence-electron chi connectivity index (χ3n) is 4.22. The number of nitrogens with zero attached hydrogens (tertiary/aromatic N) is 6. The van der Waals surface area contributed by atoms with E-state index in [0.717, 1.165) is 0 Å². The summed E-state index contributed by atoms with van der Waals surface area (Å²) >= 11 is 0. The van der Waals surface area contributed by atoms with E-state index < -0.39 is 18.0 Å². The summed E-state index contributed by atoms with van der Waals surface area (Å²) < 4.78 is 42.0. The van der Waals surface area contributed by atoms with Gasteiger partial charge in [-0.05, 0) is 18.6 Å². The molecule has 1 aliphatic heterocycles. The summed E-state index contributed by atoms with van der Waals surface area (Å²) in [6.45, 7) is 0.547. The van der Waals surface area contributed by atoms with E-state index in [1.54, 1.807) is 12.1 Å². The molecule has 8 nitrogen and oxygen atoms in total. The lowest BCUT2D eigenvalue weighted by atomic mass is 10.1. The zero-order valence-corrected chi connectivity index (χ0v) is 13.8. The van der Waals surface area contributed by atoms with Gasteiger partial charge in [-0.2, -0.15) is 28.1 Å². The van der Waals surface area contributed by atoms with Gasteiger partial charge < -0.3 is 9.42 Å². The fourth-order valence-electron chi connectivity index (χ4n) is 2.88.